The van der Waals surface area contributed by atoms with Gasteiger partial charge in [0.2, 0.25) is 0 Å². The minimum absolute atomic E-state index is 0.656. The minimum Gasteiger partial charge on any atom is -0.251 e. The zero-order valence-corrected chi connectivity index (χ0v) is 17.3. The minimum atomic E-state index is 0.656. The lowest BCUT2D eigenvalue weighted by molar-refractivity contribution is 1.01. The molecule has 0 saturated carbocycles. The van der Waals surface area contributed by atoms with Gasteiger partial charge in [-0.1, -0.05) is 66.7 Å². The smallest absolute Gasteiger partial charge is 0.179 e. The first-order chi connectivity index (χ1) is 15.8. The van der Waals surface area contributed by atoms with E-state index in [0.717, 1.165) is 49.7 Å². The van der Waals surface area contributed by atoms with Crippen molar-refractivity contribution in [3.63, 3.8) is 0 Å². The van der Waals surface area contributed by atoms with Crippen LogP contribution in [0, 0.1) is 6.92 Å². The van der Waals surface area contributed by atoms with Crippen LogP contribution < -0.4 is 0 Å². The summed E-state index contributed by atoms with van der Waals surface area (Å²) < 4.78 is 2.03. The second-order valence-electron chi connectivity index (χ2n) is 8.06. The lowest BCUT2D eigenvalue weighted by Crippen LogP contribution is -2.00. The van der Waals surface area contributed by atoms with Gasteiger partial charge >= 0.3 is 0 Å². The molecule has 32 heavy (non-hydrogen) atoms. The van der Waals surface area contributed by atoms with E-state index in [9.17, 15) is 0 Å². The van der Waals surface area contributed by atoms with Gasteiger partial charge in [0.15, 0.2) is 5.65 Å². The Hall–Kier alpha value is -4.38. The number of nitrogens with zero attached hydrogens (tertiary/aromatic N) is 5. The van der Waals surface area contributed by atoms with Crippen molar-refractivity contribution in [2.75, 3.05) is 0 Å². The second-order valence-corrected chi connectivity index (χ2v) is 8.06. The average Bonchev–Trinajstić information content (AvgIpc) is 3.29. The van der Waals surface area contributed by atoms with Crippen molar-refractivity contribution in [2.45, 2.75) is 6.92 Å². The Kier molecular flexibility index (Phi) is 3.41. The molecule has 7 aromatic rings. The molecule has 0 aliphatic carbocycles. The predicted molar refractivity (Wildman–Crippen MR) is 129 cm³/mol. The highest BCUT2D eigenvalue weighted by Crippen LogP contribution is 2.35. The number of fused-ring (bicyclic) bond motifs is 8. The molecule has 0 spiro atoms. The molecule has 4 aromatic heterocycles. The van der Waals surface area contributed by atoms with Gasteiger partial charge in [0.25, 0.3) is 0 Å². The molecule has 0 unspecified atom stereocenters. The molecular formula is C27H17N5. The summed E-state index contributed by atoms with van der Waals surface area (Å²) >= 11 is 0. The molecule has 0 aliphatic heterocycles. The van der Waals surface area contributed by atoms with Crippen LogP contribution in [0.1, 0.15) is 5.56 Å². The highest BCUT2D eigenvalue weighted by molar-refractivity contribution is 6.14. The lowest BCUT2D eigenvalue weighted by Gasteiger charge is -2.11. The maximum atomic E-state index is 5.11. The summed E-state index contributed by atoms with van der Waals surface area (Å²) in [6.07, 6.45) is 3.40. The Morgan fingerprint density at radius 1 is 0.719 bits per heavy atom. The van der Waals surface area contributed by atoms with Crippen molar-refractivity contribution in [2.24, 2.45) is 0 Å². The van der Waals surface area contributed by atoms with Crippen molar-refractivity contribution in [1.82, 2.24) is 24.6 Å². The third kappa shape index (κ3) is 2.28. The monoisotopic (exact) mass is 411 g/mol. The molecule has 0 atom stereocenters. The fraction of sp³-hybridized carbons (Fsp3) is 0.0370. The summed E-state index contributed by atoms with van der Waals surface area (Å²) in [4.78, 5) is 13.9. The first-order valence-corrected chi connectivity index (χ1v) is 10.6. The number of pyridine rings is 2. The van der Waals surface area contributed by atoms with Crippen molar-refractivity contribution >= 4 is 49.3 Å². The molecule has 4 heterocycles. The van der Waals surface area contributed by atoms with Gasteiger partial charge in [0.1, 0.15) is 5.52 Å². The average molecular weight is 411 g/mol. The van der Waals surface area contributed by atoms with Gasteiger partial charge in [-0.3, -0.25) is 4.98 Å². The van der Waals surface area contributed by atoms with E-state index in [0.29, 0.717) is 5.65 Å². The van der Waals surface area contributed by atoms with Gasteiger partial charge in [0, 0.05) is 34.3 Å². The molecule has 5 nitrogen and oxygen atoms in total. The van der Waals surface area contributed by atoms with E-state index in [1.807, 2.05) is 4.52 Å². The van der Waals surface area contributed by atoms with E-state index in [-0.39, 0.29) is 0 Å². The topological polar surface area (TPSA) is 56.0 Å². The Morgan fingerprint density at radius 3 is 2.38 bits per heavy atom. The maximum Gasteiger partial charge on any atom is 0.179 e. The SMILES string of the molecule is Cc1c2nccnc2nc2c3ccccc3c3cc(-c4cccc5ccccc45)nn3c12. The number of aromatic nitrogens is 5. The van der Waals surface area contributed by atoms with Gasteiger partial charge in [0.05, 0.1) is 22.2 Å². The van der Waals surface area contributed by atoms with E-state index in [4.69, 9.17) is 10.1 Å². The van der Waals surface area contributed by atoms with Crippen LogP contribution in [0.15, 0.2) is 85.2 Å². The molecule has 7 rings (SSSR count). The van der Waals surface area contributed by atoms with Crippen LogP contribution in [0.3, 0.4) is 0 Å². The van der Waals surface area contributed by atoms with Crippen molar-refractivity contribution in [1.29, 1.82) is 0 Å². The predicted octanol–water partition coefficient (Wildman–Crippen LogP) is 6.11. The van der Waals surface area contributed by atoms with Crippen LogP contribution >= 0.6 is 0 Å². The lowest BCUT2D eigenvalue weighted by atomic mass is 10.0. The van der Waals surface area contributed by atoms with Crippen molar-refractivity contribution in [3.8, 4) is 11.3 Å². The van der Waals surface area contributed by atoms with Gasteiger partial charge in [-0.2, -0.15) is 5.10 Å². The van der Waals surface area contributed by atoms with Gasteiger partial charge < -0.3 is 0 Å². The van der Waals surface area contributed by atoms with Crippen LogP contribution in [0.2, 0.25) is 0 Å². The quantitative estimate of drug-likeness (QED) is 0.242. The first kappa shape index (κ1) is 17.3. The zero-order valence-electron chi connectivity index (χ0n) is 17.3. The number of aryl methyl sites for hydroxylation is 1. The number of rotatable bonds is 1. The van der Waals surface area contributed by atoms with Crippen molar-refractivity contribution in [3.05, 3.63) is 90.8 Å². The summed E-state index contributed by atoms with van der Waals surface area (Å²) in [7, 11) is 0. The molecule has 0 aliphatic rings. The Labute approximate surface area is 183 Å². The molecule has 5 heteroatoms. The van der Waals surface area contributed by atoms with E-state index >= 15 is 0 Å². The van der Waals surface area contributed by atoms with Crippen LogP contribution in [0.25, 0.3) is 60.5 Å². The van der Waals surface area contributed by atoms with Crippen LogP contribution in [-0.2, 0) is 0 Å². The van der Waals surface area contributed by atoms with Crippen molar-refractivity contribution < 1.29 is 0 Å². The highest BCUT2D eigenvalue weighted by atomic mass is 15.2. The van der Waals surface area contributed by atoms with Crippen LogP contribution in [0.5, 0.6) is 0 Å². The molecule has 0 fully saturated rings. The maximum absolute atomic E-state index is 5.11. The van der Waals surface area contributed by atoms with E-state index < -0.39 is 0 Å². The molecule has 0 saturated heterocycles. The summed E-state index contributed by atoms with van der Waals surface area (Å²) in [5.74, 6) is 0. The van der Waals surface area contributed by atoms with Crippen LogP contribution in [-0.4, -0.2) is 24.6 Å². The van der Waals surface area contributed by atoms with E-state index in [1.54, 1.807) is 12.4 Å². The van der Waals surface area contributed by atoms with Gasteiger partial charge in [-0.25, -0.2) is 14.5 Å². The summed E-state index contributed by atoms with van der Waals surface area (Å²) in [5.41, 5.74) is 7.48. The third-order valence-electron chi connectivity index (χ3n) is 6.28. The number of hydrogen-bond acceptors (Lipinski definition) is 4. The standard InChI is InChI=1S/C27H17N5/c1-16-24-27(29-14-13-28-24)30-25-21-11-5-4-10-20(21)23-15-22(31-32(23)26(16)25)19-12-6-8-17-7-2-3-9-18(17)19/h2-15H,1H3. The van der Waals surface area contributed by atoms with E-state index in [2.05, 4.69) is 89.7 Å². The fourth-order valence-corrected chi connectivity index (χ4v) is 4.81. The van der Waals surface area contributed by atoms with Gasteiger partial charge in [-0.15, -0.1) is 0 Å². The largest absolute Gasteiger partial charge is 0.251 e. The third-order valence-corrected chi connectivity index (χ3v) is 6.28. The zero-order chi connectivity index (χ0) is 21.2. The number of hydrogen-bond donors (Lipinski definition) is 0. The fourth-order valence-electron chi connectivity index (χ4n) is 4.81. The Morgan fingerprint density at radius 2 is 1.47 bits per heavy atom. The molecular weight excluding hydrogens is 394 g/mol. The molecule has 0 amide bonds. The molecule has 150 valence electrons. The van der Waals surface area contributed by atoms with Gasteiger partial charge in [-0.05, 0) is 23.8 Å². The molecule has 3 aromatic carbocycles. The van der Waals surface area contributed by atoms with Crippen LogP contribution in [0.4, 0.5) is 0 Å². The summed E-state index contributed by atoms with van der Waals surface area (Å²) in [6, 6.07) is 25.4. The molecule has 0 radical (unpaired) electrons. The summed E-state index contributed by atoms with van der Waals surface area (Å²) in [5, 5.41) is 9.72. The molecule has 0 N–H and O–H groups in total. The number of benzene rings is 3. The van der Waals surface area contributed by atoms with E-state index in [1.165, 1.54) is 10.8 Å². The summed E-state index contributed by atoms with van der Waals surface area (Å²) in [6.45, 7) is 2.08. The second kappa shape index (κ2) is 6.31. The Bertz CT molecular complexity index is 1840. The Balaban J connectivity index is 1.69. The highest BCUT2D eigenvalue weighted by Gasteiger charge is 2.18. The normalized spacial score (nSPS) is 11.9. The molecule has 0 bridgehead atoms. The first-order valence-electron chi connectivity index (χ1n) is 10.6.